The van der Waals surface area contributed by atoms with Gasteiger partial charge in [-0.1, -0.05) is 24.3 Å². The van der Waals surface area contributed by atoms with Crippen molar-refractivity contribution in [3.05, 3.63) is 42.1 Å². The van der Waals surface area contributed by atoms with Gasteiger partial charge in [-0.25, -0.2) is 4.79 Å². The molecule has 0 spiro atoms. The number of esters is 1. The number of rotatable bonds is 6. The Hall–Kier alpha value is -3.17. The molecule has 10 heteroatoms. The topological polar surface area (TPSA) is 97.4 Å². The quantitative estimate of drug-likeness (QED) is 0.745. The second-order valence-electron chi connectivity index (χ2n) is 5.50. The van der Waals surface area contributed by atoms with Gasteiger partial charge in [-0.2, -0.15) is 13.2 Å². The number of hydrogen-bond acceptors (Lipinski definition) is 5. The number of halogens is 3. The molecule has 0 fully saturated rings. The number of nitrogens with zero attached hydrogens (tertiary/aromatic N) is 1. The Morgan fingerprint density at radius 1 is 1.07 bits per heavy atom. The van der Waals surface area contributed by atoms with Crippen LogP contribution in [0.3, 0.4) is 0 Å². The zero-order valence-corrected chi connectivity index (χ0v) is 14.0. The molecule has 0 bridgehead atoms. The van der Waals surface area contributed by atoms with Crippen LogP contribution in [0.1, 0.15) is 12.1 Å². The van der Waals surface area contributed by atoms with Crippen LogP contribution in [-0.4, -0.2) is 42.2 Å². The second-order valence-corrected chi connectivity index (χ2v) is 5.50. The lowest BCUT2D eigenvalue weighted by molar-refractivity contribution is -0.148. The molecule has 2 rings (SSSR count). The van der Waals surface area contributed by atoms with Gasteiger partial charge in [0.25, 0.3) is 5.91 Å². The number of urea groups is 1. The molecular weight excluding hydrogens is 367 g/mol. The fraction of sp³-hybridized carbons (Fsp3) is 0.294. The molecule has 3 amide bonds. The summed E-state index contributed by atoms with van der Waals surface area (Å²) < 4.78 is 40.4. The van der Waals surface area contributed by atoms with E-state index in [-0.39, 0.29) is 12.8 Å². The smallest absolute Gasteiger partial charge is 0.405 e. The van der Waals surface area contributed by atoms with Gasteiger partial charge in [0.2, 0.25) is 0 Å². The molecule has 7 nitrogen and oxygen atoms in total. The highest BCUT2D eigenvalue weighted by Crippen LogP contribution is 2.13. The lowest BCUT2D eigenvalue weighted by Gasteiger charge is -2.09. The third kappa shape index (κ3) is 7.30. The molecule has 0 atom stereocenters. The Kier molecular flexibility index (Phi) is 6.69. The standard InChI is InChI=1S/C17H16F3N3O4/c18-17(19,20)10-21-16(26)23-14(24)9-27-15(25)8-7-12-6-5-11-3-1-2-4-13(11)22-12/h1-6H,7-10H2,(H2,21,23,24,26). The molecule has 0 radical (unpaired) electrons. The average Bonchev–Trinajstić information content (AvgIpc) is 2.62. The van der Waals surface area contributed by atoms with Crippen LogP contribution in [0.5, 0.6) is 0 Å². The van der Waals surface area contributed by atoms with E-state index in [9.17, 15) is 27.6 Å². The van der Waals surface area contributed by atoms with Crippen molar-refractivity contribution < 1.29 is 32.3 Å². The van der Waals surface area contributed by atoms with Crippen LogP contribution in [-0.2, 0) is 20.7 Å². The monoisotopic (exact) mass is 383 g/mol. The molecule has 1 aromatic heterocycles. The van der Waals surface area contributed by atoms with E-state index in [0.717, 1.165) is 10.9 Å². The van der Waals surface area contributed by atoms with Gasteiger partial charge in [-0.15, -0.1) is 0 Å². The van der Waals surface area contributed by atoms with E-state index in [1.807, 2.05) is 30.3 Å². The molecule has 1 heterocycles. The van der Waals surface area contributed by atoms with Crippen molar-refractivity contribution >= 4 is 28.8 Å². The van der Waals surface area contributed by atoms with Crippen LogP contribution < -0.4 is 10.6 Å². The van der Waals surface area contributed by atoms with Gasteiger partial charge in [-0.05, 0) is 12.1 Å². The van der Waals surface area contributed by atoms with E-state index in [0.29, 0.717) is 5.69 Å². The molecule has 1 aromatic carbocycles. The first-order valence-electron chi connectivity index (χ1n) is 7.88. The number of carbonyl (C=O) groups excluding carboxylic acids is 3. The minimum Gasteiger partial charge on any atom is -0.456 e. The summed E-state index contributed by atoms with van der Waals surface area (Å²) in [5.74, 6) is -1.73. The minimum atomic E-state index is -4.59. The Balaban J connectivity index is 1.70. The van der Waals surface area contributed by atoms with Crippen LogP contribution in [0.2, 0.25) is 0 Å². The van der Waals surface area contributed by atoms with Gasteiger partial charge in [0, 0.05) is 17.5 Å². The molecule has 0 aliphatic carbocycles. The van der Waals surface area contributed by atoms with E-state index in [1.54, 1.807) is 11.4 Å². The number of imide groups is 1. The van der Waals surface area contributed by atoms with E-state index in [2.05, 4.69) is 9.72 Å². The molecule has 2 N–H and O–H groups in total. The first kappa shape index (κ1) is 20.1. The molecule has 0 saturated heterocycles. The van der Waals surface area contributed by atoms with Gasteiger partial charge < -0.3 is 10.1 Å². The summed E-state index contributed by atoms with van der Waals surface area (Å²) in [5, 5.41) is 4.04. The Bertz CT molecular complexity index is 840. The van der Waals surface area contributed by atoms with Crippen molar-refractivity contribution in [3.8, 4) is 0 Å². The number of pyridine rings is 1. The third-order valence-electron chi connectivity index (χ3n) is 3.31. The largest absolute Gasteiger partial charge is 0.456 e. The highest BCUT2D eigenvalue weighted by molar-refractivity contribution is 5.95. The minimum absolute atomic E-state index is 0.0428. The van der Waals surface area contributed by atoms with Gasteiger partial charge in [-0.3, -0.25) is 19.9 Å². The number of hydrogen-bond donors (Lipinski definition) is 2. The molecular formula is C17H16F3N3O4. The average molecular weight is 383 g/mol. The molecule has 0 aliphatic heterocycles. The highest BCUT2D eigenvalue weighted by atomic mass is 19.4. The fourth-order valence-electron chi connectivity index (χ4n) is 2.08. The van der Waals surface area contributed by atoms with E-state index in [4.69, 9.17) is 0 Å². The molecule has 0 saturated carbocycles. The molecule has 27 heavy (non-hydrogen) atoms. The van der Waals surface area contributed by atoms with Crippen LogP contribution in [0, 0.1) is 0 Å². The Morgan fingerprint density at radius 3 is 2.56 bits per heavy atom. The Labute approximate surface area is 151 Å². The summed E-state index contributed by atoms with van der Waals surface area (Å²) in [6, 6.07) is 9.79. The number of aryl methyl sites for hydroxylation is 1. The van der Waals surface area contributed by atoms with Crippen molar-refractivity contribution in [1.29, 1.82) is 0 Å². The van der Waals surface area contributed by atoms with Gasteiger partial charge in [0.15, 0.2) is 6.61 Å². The van der Waals surface area contributed by atoms with E-state index < -0.39 is 37.2 Å². The molecule has 0 unspecified atom stereocenters. The highest BCUT2D eigenvalue weighted by Gasteiger charge is 2.28. The number of ether oxygens (including phenoxy) is 1. The first-order valence-corrected chi connectivity index (χ1v) is 7.88. The van der Waals surface area contributed by atoms with Gasteiger partial charge in [0.05, 0.1) is 11.9 Å². The SMILES string of the molecule is O=C(COC(=O)CCc1ccc2ccccc2n1)NC(=O)NCC(F)(F)F. The molecule has 0 aliphatic rings. The third-order valence-corrected chi connectivity index (χ3v) is 3.31. The number of aromatic nitrogens is 1. The number of alkyl halides is 3. The summed E-state index contributed by atoms with van der Waals surface area (Å²) in [6.45, 7) is -2.35. The maximum Gasteiger partial charge on any atom is 0.405 e. The summed E-state index contributed by atoms with van der Waals surface area (Å²) in [7, 11) is 0. The van der Waals surface area contributed by atoms with Crippen LogP contribution in [0.4, 0.5) is 18.0 Å². The molecule has 144 valence electrons. The van der Waals surface area contributed by atoms with Crippen LogP contribution in [0.15, 0.2) is 36.4 Å². The van der Waals surface area contributed by atoms with Crippen molar-refractivity contribution in [2.24, 2.45) is 0 Å². The van der Waals surface area contributed by atoms with Crippen molar-refractivity contribution in [1.82, 2.24) is 15.6 Å². The lowest BCUT2D eigenvalue weighted by atomic mass is 10.1. The number of benzene rings is 1. The first-order chi connectivity index (χ1) is 12.7. The predicted molar refractivity (Wildman–Crippen MR) is 88.6 cm³/mol. The van der Waals surface area contributed by atoms with Crippen molar-refractivity contribution in [3.63, 3.8) is 0 Å². The molecule has 2 aromatic rings. The van der Waals surface area contributed by atoms with Crippen LogP contribution >= 0.6 is 0 Å². The number of nitrogens with one attached hydrogen (secondary N) is 2. The van der Waals surface area contributed by atoms with E-state index >= 15 is 0 Å². The van der Waals surface area contributed by atoms with Crippen LogP contribution in [0.25, 0.3) is 10.9 Å². The number of carbonyl (C=O) groups is 3. The van der Waals surface area contributed by atoms with Gasteiger partial charge in [0.1, 0.15) is 6.54 Å². The van der Waals surface area contributed by atoms with Crippen molar-refractivity contribution in [2.45, 2.75) is 19.0 Å². The normalized spacial score (nSPS) is 11.1. The van der Waals surface area contributed by atoms with Crippen molar-refractivity contribution in [2.75, 3.05) is 13.2 Å². The lowest BCUT2D eigenvalue weighted by Crippen LogP contribution is -2.44. The zero-order valence-electron chi connectivity index (χ0n) is 14.0. The number of amides is 3. The summed E-state index contributed by atoms with van der Waals surface area (Å²) >= 11 is 0. The number of para-hydroxylation sites is 1. The summed E-state index contributed by atoms with van der Waals surface area (Å²) in [4.78, 5) is 38.5. The summed E-state index contributed by atoms with van der Waals surface area (Å²) in [5.41, 5.74) is 1.45. The van der Waals surface area contributed by atoms with Gasteiger partial charge >= 0.3 is 18.2 Å². The summed E-state index contributed by atoms with van der Waals surface area (Å²) in [6.07, 6.45) is -4.35. The maximum atomic E-state index is 11.9. The van der Waals surface area contributed by atoms with E-state index in [1.165, 1.54) is 5.32 Å². The fourth-order valence-corrected chi connectivity index (χ4v) is 2.08. The Morgan fingerprint density at radius 2 is 1.81 bits per heavy atom. The zero-order chi connectivity index (χ0) is 19.9. The maximum absolute atomic E-state index is 11.9. The second kappa shape index (κ2) is 8.97. The predicted octanol–water partition coefficient (Wildman–Crippen LogP) is 2.10. The number of fused-ring (bicyclic) bond motifs is 1.